The van der Waals surface area contributed by atoms with Crippen LogP contribution in [0.5, 0.6) is 0 Å². The van der Waals surface area contributed by atoms with Crippen molar-refractivity contribution in [3.8, 4) is 0 Å². The average Bonchev–Trinajstić information content (AvgIpc) is 2.66. The first-order valence-corrected chi connectivity index (χ1v) is 9.08. The molecular weight excluding hydrogens is 374 g/mol. The molecule has 144 valence electrons. The van der Waals surface area contributed by atoms with Gasteiger partial charge in [0.2, 0.25) is 0 Å². The molecule has 0 saturated carbocycles. The molecule has 5 nitrogen and oxygen atoms in total. The third kappa shape index (κ3) is 4.93. The number of nitrogen functional groups attached to an aromatic ring is 1. The molecule has 1 amide bonds. The van der Waals surface area contributed by atoms with Crippen LogP contribution in [0, 0.1) is 5.82 Å². The Morgan fingerprint density at radius 1 is 1.30 bits per heavy atom. The molecule has 0 radical (unpaired) electrons. The number of nitrogens with one attached hydrogen (secondary N) is 1. The number of piperidine rings is 1. The zero-order valence-corrected chi connectivity index (χ0v) is 15.5. The first-order valence-electron chi connectivity index (χ1n) is 8.71. The molecule has 1 saturated heterocycles. The van der Waals surface area contributed by atoms with Crippen molar-refractivity contribution >= 4 is 23.2 Å². The largest absolute Gasteiger partial charge is 0.397 e. The van der Waals surface area contributed by atoms with Gasteiger partial charge in [0.15, 0.2) is 0 Å². The lowest BCUT2D eigenvalue weighted by molar-refractivity contribution is 0.0434. The fourth-order valence-electron chi connectivity index (χ4n) is 3.05. The van der Waals surface area contributed by atoms with Gasteiger partial charge < -0.3 is 16.0 Å². The van der Waals surface area contributed by atoms with Crippen LogP contribution in [0.1, 0.15) is 28.9 Å². The summed E-state index contributed by atoms with van der Waals surface area (Å²) in [5.74, 6) is -0.839. The van der Waals surface area contributed by atoms with E-state index in [1.54, 1.807) is 23.2 Å². The molecule has 1 aromatic carbocycles. The number of likely N-dealkylation sites (tertiary alicyclic amines) is 1. The Bertz CT molecular complexity index is 808. The van der Waals surface area contributed by atoms with E-state index >= 15 is 0 Å². The van der Waals surface area contributed by atoms with E-state index in [2.05, 4.69) is 10.3 Å². The van der Waals surface area contributed by atoms with Crippen LogP contribution in [0.25, 0.3) is 0 Å². The van der Waals surface area contributed by atoms with Crippen molar-refractivity contribution < 1.29 is 13.6 Å². The number of rotatable bonds is 5. The first kappa shape index (κ1) is 19.5. The van der Waals surface area contributed by atoms with Crippen LogP contribution < -0.4 is 11.1 Å². The maximum absolute atomic E-state index is 15.0. The van der Waals surface area contributed by atoms with Crippen molar-refractivity contribution in [2.75, 3.05) is 25.4 Å². The van der Waals surface area contributed by atoms with Gasteiger partial charge in [-0.25, -0.2) is 8.78 Å². The maximum Gasteiger partial charge on any atom is 0.253 e. The number of benzene rings is 1. The second kappa shape index (κ2) is 8.19. The van der Waals surface area contributed by atoms with E-state index in [1.807, 2.05) is 0 Å². The summed E-state index contributed by atoms with van der Waals surface area (Å²) in [6.45, 7) is 1.23. The van der Waals surface area contributed by atoms with Crippen LogP contribution >= 0.6 is 11.6 Å². The SMILES string of the molecule is Nc1ccc(CNCC2(F)CCN(C(=O)c3ccc(F)c(Cl)c3)CC2)nc1. The standard InChI is InChI=1S/C19H21ClF2N4O/c20-16-9-13(1-4-17(16)21)18(27)26-7-5-19(22,6-8-26)12-24-11-15-3-2-14(23)10-25-15/h1-4,9-10,24H,5-8,11-12,23H2. The quantitative estimate of drug-likeness (QED) is 0.817. The van der Waals surface area contributed by atoms with Gasteiger partial charge in [-0.2, -0.15) is 0 Å². The van der Waals surface area contributed by atoms with Crippen molar-refractivity contribution in [2.45, 2.75) is 25.1 Å². The predicted molar refractivity (Wildman–Crippen MR) is 101 cm³/mol. The molecule has 3 rings (SSSR count). The Hall–Kier alpha value is -2.25. The average molecular weight is 395 g/mol. The molecule has 1 aliphatic rings. The highest BCUT2D eigenvalue weighted by Gasteiger charge is 2.35. The van der Waals surface area contributed by atoms with E-state index in [1.165, 1.54) is 12.1 Å². The molecule has 1 aromatic heterocycles. The first-order chi connectivity index (χ1) is 12.9. The molecule has 0 spiro atoms. The minimum Gasteiger partial charge on any atom is -0.397 e. The zero-order valence-electron chi connectivity index (χ0n) is 14.7. The number of pyridine rings is 1. The summed E-state index contributed by atoms with van der Waals surface area (Å²) in [6.07, 6.45) is 2.03. The van der Waals surface area contributed by atoms with Crippen LogP contribution in [-0.2, 0) is 6.54 Å². The van der Waals surface area contributed by atoms with Gasteiger partial charge in [0.1, 0.15) is 11.5 Å². The van der Waals surface area contributed by atoms with E-state index < -0.39 is 11.5 Å². The maximum atomic E-state index is 15.0. The molecular formula is C19H21ClF2N4O. The summed E-state index contributed by atoms with van der Waals surface area (Å²) >= 11 is 5.73. The molecule has 2 heterocycles. The van der Waals surface area contributed by atoms with E-state index in [4.69, 9.17) is 17.3 Å². The molecule has 0 bridgehead atoms. The van der Waals surface area contributed by atoms with Crippen LogP contribution in [0.4, 0.5) is 14.5 Å². The number of carbonyl (C=O) groups is 1. The van der Waals surface area contributed by atoms with Crippen LogP contribution in [-0.4, -0.2) is 41.1 Å². The number of aromatic nitrogens is 1. The highest BCUT2D eigenvalue weighted by atomic mass is 35.5. The number of amides is 1. The summed E-state index contributed by atoms with van der Waals surface area (Å²) < 4.78 is 28.2. The number of hydrogen-bond acceptors (Lipinski definition) is 4. The topological polar surface area (TPSA) is 71.2 Å². The second-order valence-corrected chi connectivity index (χ2v) is 7.17. The monoisotopic (exact) mass is 394 g/mol. The summed E-state index contributed by atoms with van der Waals surface area (Å²) in [6, 6.07) is 7.40. The van der Waals surface area contributed by atoms with Gasteiger partial charge in [-0.1, -0.05) is 11.6 Å². The van der Waals surface area contributed by atoms with E-state index in [0.717, 1.165) is 11.8 Å². The van der Waals surface area contributed by atoms with Gasteiger partial charge >= 0.3 is 0 Å². The van der Waals surface area contributed by atoms with Crippen molar-refractivity contribution in [1.29, 1.82) is 0 Å². The summed E-state index contributed by atoms with van der Waals surface area (Å²) in [4.78, 5) is 18.2. The smallest absolute Gasteiger partial charge is 0.253 e. The number of alkyl halides is 1. The van der Waals surface area contributed by atoms with Crippen LogP contribution in [0.3, 0.4) is 0 Å². The Labute approximate surface area is 161 Å². The van der Waals surface area contributed by atoms with Gasteiger partial charge in [0.25, 0.3) is 5.91 Å². The van der Waals surface area contributed by atoms with Gasteiger partial charge in [0, 0.05) is 44.6 Å². The Balaban J connectivity index is 1.50. The van der Waals surface area contributed by atoms with Gasteiger partial charge in [0.05, 0.1) is 22.6 Å². The minimum absolute atomic E-state index is 0.0989. The van der Waals surface area contributed by atoms with E-state index in [-0.39, 0.29) is 30.3 Å². The fraction of sp³-hybridized carbons (Fsp3) is 0.368. The number of carbonyl (C=O) groups excluding carboxylic acids is 1. The van der Waals surface area contributed by atoms with Crippen LogP contribution in [0.2, 0.25) is 5.02 Å². The lowest BCUT2D eigenvalue weighted by atomic mass is 9.92. The Kier molecular flexibility index (Phi) is 5.92. The van der Waals surface area contributed by atoms with E-state index in [0.29, 0.717) is 30.9 Å². The number of halogens is 3. The van der Waals surface area contributed by atoms with Crippen LogP contribution in [0.15, 0.2) is 36.5 Å². The molecule has 8 heteroatoms. The summed E-state index contributed by atoms with van der Waals surface area (Å²) in [7, 11) is 0. The van der Waals surface area contributed by atoms with Gasteiger partial charge in [-0.15, -0.1) is 0 Å². The molecule has 2 aromatic rings. The normalized spacial score (nSPS) is 16.3. The molecule has 1 aliphatic heterocycles. The number of anilines is 1. The number of nitrogens with two attached hydrogens (primary N) is 1. The van der Waals surface area contributed by atoms with E-state index in [9.17, 15) is 13.6 Å². The molecule has 27 heavy (non-hydrogen) atoms. The molecule has 0 unspecified atom stereocenters. The molecule has 3 N–H and O–H groups in total. The van der Waals surface area contributed by atoms with Crippen molar-refractivity contribution in [3.63, 3.8) is 0 Å². The third-order valence-corrected chi connectivity index (χ3v) is 5.00. The lowest BCUT2D eigenvalue weighted by Gasteiger charge is -2.36. The highest BCUT2D eigenvalue weighted by Crippen LogP contribution is 2.27. The van der Waals surface area contributed by atoms with Gasteiger partial charge in [-0.3, -0.25) is 9.78 Å². The summed E-state index contributed by atoms with van der Waals surface area (Å²) in [5.41, 5.74) is 5.88. The second-order valence-electron chi connectivity index (χ2n) is 6.76. The summed E-state index contributed by atoms with van der Waals surface area (Å²) in [5, 5.41) is 2.98. The zero-order chi connectivity index (χ0) is 19.4. The fourth-order valence-corrected chi connectivity index (χ4v) is 3.23. The molecule has 0 atom stereocenters. The Morgan fingerprint density at radius 2 is 2.04 bits per heavy atom. The van der Waals surface area contributed by atoms with Crippen molar-refractivity contribution in [2.24, 2.45) is 0 Å². The lowest BCUT2D eigenvalue weighted by Crippen LogP contribution is -2.48. The number of hydrogen-bond donors (Lipinski definition) is 2. The molecule has 1 fully saturated rings. The minimum atomic E-state index is -1.38. The highest BCUT2D eigenvalue weighted by molar-refractivity contribution is 6.31. The predicted octanol–water partition coefficient (Wildman–Crippen LogP) is 3.19. The van der Waals surface area contributed by atoms with Gasteiger partial charge in [-0.05, 0) is 30.3 Å². The Morgan fingerprint density at radius 3 is 2.67 bits per heavy atom. The molecule has 0 aliphatic carbocycles. The van der Waals surface area contributed by atoms with Crippen molar-refractivity contribution in [1.82, 2.24) is 15.2 Å². The number of nitrogens with zero attached hydrogens (tertiary/aromatic N) is 2. The third-order valence-electron chi connectivity index (χ3n) is 4.71. The van der Waals surface area contributed by atoms with Crippen molar-refractivity contribution in [3.05, 3.63) is 58.6 Å².